The van der Waals surface area contributed by atoms with Gasteiger partial charge in [-0.1, -0.05) is 47.5 Å². The van der Waals surface area contributed by atoms with Gasteiger partial charge in [0, 0.05) is 21.7 Å². The molecule has 0 bridgehead atoms. The van der Waals surface area contributed by atoms with Gasteiger partial charge in [-0.2, -0.15) is 5.10 Å². The van der Waals surface area contributed by atoms with E-state index in [1.165, 1.54) is 0 Å². The molecule has 0 radical (unpaired) electrons. The molecule has 0 amide bonds. The van der Waals surface area contributed by atoms with Crippen molar-refractivity contribution < 1.29 is 9.53 Å². The Hall–Kier alpha value is -2.08. The summed E-state index contributed by atoms with van der Waals surface area (Å²) in [4.78, 5) is 12.7. The van der Waals surface area contributed by atoms with Crippen molar-refractivity contribution in [3.8, 4) is 0 Å². The molecule has 3 rings (SSSR count). The summed E-state index contributed by atoms with van der Waals surface area (Å²) in [6, 6.07) is 7.95. The van der Waals surface area contributed by atoms with Crippen LogP contribution in [0.15, 0.2) is 46.2 Å². The predicted molar refractivity (Wildman–Crippen MR) is 96.8 cm³/mol. The molecule has 1 aliphatic heterocycles. The van der Waals surface area contributed by atoms with Crippen LogP contribution in [-0.2, 0) is 9.53 Å². The highest BCUT2D eigenvalue weighted by molar-refractivity contribution is 9.10. The van der Waals surface area contributed by atoms with Crippen LogP contribution in [0, 0.1) is 0 Å². The summed E-state index contributed by atoms with van der Waals surface area (Å²) in [5, 5.41) is 10.5. The second kappa shape index (κ2) is 7.21. The molecule has 1 atom stereocenters. The molecule has 5 nitrogen and oxygen atoms in total. The van der Waals surface area contributed by atoms with Gasteiger partial charge in [0.15, 0.2) is 0 Å². The molecule has 24 heavy (non-hydrogen) atoms. The zero-order valence-electron chi connectivity index (χ0n) is 13.7. The Bertz CT molecular complexity index is 782. The third kappa shape index (κ3) is 2.98. The normalized spacial score (nSPS) is 16.5. The molecule has 1 aromatic heterocycles. The predicted octanol–water partition coefficient (Wildman–Crippen LogP) is 4.35. The van der Waals surface area contributed by atoms with Crippen molar-refractivity contribution in [3.63, 3.8) is 0 Å². The summed E-state index contributed by atoms with van der Waals surface area (Å²) in [7, 11) is 0. The highest BCUT2D eigenvalue weighted by atomic mass is 79.9. The van der Waals surface area contributed by atoms with Crippen LogP contribution in [0.5, 0.6) is 0 Å². The van der Waals surface area contributed by atoms with Crippen LogP contribution in [0.1, 0.15) is 43.7 Å². The number of aromatic amines is 1. The van der Waals surface area contributed by atoms with Gasteiger partial charge in [0.25, 0.3) is 0 Å². The molecule has 2 heterocycles. The third-order valence-corrected chi connectivity index (χ3v) is 4.80. The quantitative estimate of drug-likeness (QED) is 0.745. The number of ether oxygens (including phenoxy) is 1. The largest absolute Gasteiger partial charge is 0.463 e. The number of hydrogen-bond donors (Lipinski definition) is 2. The zero-order chi connectivity index (χ0) is 17.1. The number of esters is 1. The molecular formula is C18H20BrN3O2. The average molecular weight is 390 g/mol. The van der Waals surface area contributed by atoms with Crippen LogP contribution in [0.25, 0.3) is 0 Å². The number of carbonyl (C=O) groups is 1. The molecule has 0 aliphatic carbocycles. The van der Waals surface area contributed by atoms with Crippen LogP contribution in [-0.4, -0.2) is 22.8 Å². The van der Waals surface area contributed by atoms with E-state index in [1.807, 2.05) is 31.2 Å². The van der Waals surface area contributed by atoms with Gasteiger partial charge >= 0.3 is 5.97 Å². The first-order valence-electron chi connectivity index (χ1n) is 8.12. The van der Waals surface area contributed by atoms with Gasteiger partial charge in [0.1, 0.15) is 5.82 Å². The van der Waals surface area contributed by atoms with E-state index < -0.39 is 0 Å². The molecule has 0 saturated heterocycles. The summed E-state index contributed by atoms with van der Waals surface area (Å²) in [5.74, 6) is 0.351. The zero-order valence-corrected chi connectivity index (χ0v) is 15.3. The minimum absolute atomic E-state index is 0.212. The number of anilines is 1. The Labute approximate surface area is 149 Å². The first-order chi connectivity index (χ1) is 11.7. The fraction of sp³-hybridized carbons (Fsp3) is 0.333. The number of H-pyrrole nitrogens is 1. The van der Waals surface area contributed by atoms with E-state index in [4.69, 9.17) is 4.74 Å². The number of nitrogens with zero attached hydrogens (tertiary/aromatic N) is 1. The van der Waals surface area contributed by atoms with Crippen molar-refractivity contribution in [2.24, 2.45) is 0 Å². The first kappa shape index (κ1) is 16.8. The lowest BCUT2D eigenvalue weighted by Crippen LogP contribution is -2.25. The van der Waals surface area contributed by atoms with Crippen LogP contribution in [0.3, 0.4) is 0 Å². The number of benzene rings is 1. The van der Waals surface area contributed by atoms with Gasteiger partial charge in [0.2, 0.25) is 0 Å². The summed E-state index contributed by atoms with van der Waals surface area (Å²) < 4.78 is 6.32. The van der Waals surface area contributed by atoms with E-state index in [0.717, 1.165) is 40.0 Å². The maximum Gasteiger partial charge on any atom is 0.336 e. The van der Waals surface area contributed by atoms with Gasteiger partial charge in [-0.25, -0.2) is 4.79 Å². The summed E-state index contributed by atoms with van der Waals surface area (Å²) >= 11 is 3.62. The molecule has 1 unspecified atom stereocenters. The SMILES string of the molecule is CCCC1=C(C(=O)OCC)C(c2ccccc2Br)c2cn[nH]c2N1. The van der Waals surface area contributed by atoms with E-state index in [0.29, 0.717) is 12.2 Å². The second-order valence-corrected chi connectivity index (χ2v) is 6.50. The monoisotopic (exact) mass is 389 g/mol. The number of nitrogens with one attached hydrogen (secondary N) is 2. The molecule has 0 fully saturated rings. The number of halogens is 1. The number of fused-ring (bicyclic) bond motifs is 1. The summed E-state index contributed by atoms with van der Waals surface area (Å²) in [6.45, 7) is 4.26. The number of hydrogen-bond acceptors (Lipinski definition) is 4. The highest BCUT2D eigenvalue weighted by Crippen LogP contribution is 2.44. The third-order valence-electron chi connectivity index (χ3n) is 4.08. The Morgan fingerprint density at radius 1 is 1.29 bits per heavy atom. The standard InChI is InChI=1S/C18H20BrN3O2/c1-3-7-14-16(18(23)24-4-2)15(11-8-5-6-9-13(11)19)12-10-20-22-17(12)21-14/h5-6,8-10,15H,3-4,7H2,1-2H3,(H2,20,21,22). The van der Waals surface area contributed by atoms with Gasteiger partial charge in [0.05, 0.1) is 18.4 Å². The van der Waals surface area contributed by atoms with Crippen molar-refractivity contribution in [2.75, 3.05) is 11.9 Å². The maximum absolute atomic E-state index is 12.7. The molecule has 126 valence electrons. The number of aromatic nitrogens is 2. The lowest BCUT2D eigenvalue weighted by molar-refractivity contribution is -0.138. The second-order valence-electron chi connectivity index (χ2n) is 5.64. The number of rotatable bonds is 5. The van der Waals surface area contributed by atoms with E-state index in [9.17, 15) is 4.79 Å². The summed E-state index contributed by atoms with van der Waals surface area (Å²) in [6.07, 6.45) is 3.47. The Balaban J connectivity index is 2.20. The molecule has 0 spiro atoms. The molecule has 6 heteroatoms. The minimum Gasteiger partial charge on any atom is -0.463 e. The smallest absolute Gasteiger partial charge is 0.336 e. The Morgan fingerprint density at radius 3 is 2.79 bits per heavy atom. The molecular weight excluding hydrogens is 370 g/mol. The molecule has 2 aromatic rings. The van der Waals surface area contributed by atoms with Crippen LogP contribution in [0.2, 0.25) is 0 Å². The Kier molecular flexibility index (Phi) is 5.04. The van der Waals surface area contributed by atoms with Crippen LogP contribution < -0.4 is 5.32 Å². The van der Waals surface area contributed by atoms with Crippen molar-refractivity contribution in [1.29, 1.82) is 0 Å². The van der Waals surface area contributed by atoms with E-state index in [2.05, 4.69) is 38.4 Å². The van der Waals surface area contributed by atoms with Crippen molar-refractivity contribution in [3.05, 3.63) is 57.3 Å². The Morgan fingerprint density at radius 2 is 2.08 bits per heavy atom. The van der Waals surface area contributed by atoms with E-state index in [-0.39, 0.29) is 11.9 Å². The first-order valence-corrected chi connectivity index (χ1v) is 8.91. The number of allylic oxidation sites excluding steroid dienone is 1. The average Bonchev–Trinajstić information content (AvgIpc) is 3.03. The fourth-order valence-electron chi connectivity index (χ4n) is 3.09. The molecule has 2 N–H and O–H groups in total. The van der Waals surface area contributed by atoms with Crippen molar-refractivity contribution in [1.82, 2.24) is 10.2 Å². The fourth-order valence-corrected chi connectivity index (χ4v) is 3.61. The molecule has 1 aromatic carbocycles. The van der Waals surface area contributed by atoms with Crippen molar-refractivity contribution >= 4 is 27.7 Å². The molecule has 0 saturated carbocycles. The summed E-state index contributed by atoms with van der Waals surface area (Å²) in [5.41, 5.74) is 3.54. The van der Waals surface area contributed by atoms with Crippen molar-refractivity contribution in [2.45, 2.75) is 32.6 Å². The van der Waals surface area contributed by atoms with Gasteiger partial charge in [-0.3, -0.25) is 5.10 Å². The van der Waals surface area contributed by atoms with Gasteiger partial charge in [-0.05, 0) is 25.0 Å². The maximum atomic E-state index is 12.7. The topological polar surface area (TPSA) is 67.0 Å². The van der Waals surface area contributed by atoms with Gasteiger partial charge in [-0.15, -0.1) is 0 Å². The van der Waals surface area contributed by atoms with Crippen LogP contribution in [0.4, 0.5) is 5.82 Å². The highest BCUT2D eigenvalue weighted by Gasteiger charge is 2.36. The van der Waals surface area contributed by atoms with Gasteiger partial charge < -0.3 is 10.1 Å². The lowest BCUT2D eigenvalue weighted by Gasteiger charge is -2.29. The van der Waals surface area contributed by atoms with E-state index in [1.54, 1.807) is 6.20 Å². The molecule has 1 aliphatic rings. The van der Waals surface area contributed by atoms with Crippen LogP contribution >= 0.6 is 15.9 Å². The lowest BCUT2D eigenvalue weighted by atomic mass is 9.82. The number of carbonyl (C=O) groups excluding carboxylic acids is 1. The minimum atomic E-state index is -0.277. The van der Waals surface area contributed by atoms with E-state index >= 15 is 0 Å².